The Morgan fingerprint density at radius 3 is 2.95 bits per heavy atom. The van der Waals surface area contributed by atoms with Gasteiger partial charge in [0.05, 0.1) is 15.8 Å². The molecule has 1 saturated heterocycles. The number of pyridine rings is 1. The van der Waals surface area contributed by atoms with Gasteiger partial charge in [0, 0.05) is 19.3 Å². The van der Waals surface area contributed by atoms with Gasteiger partial charge < -0.3 is 5.32 Å². The van der Waals surface area contributed by atoms with Gasteiger partial charge in [0.25, 0.3) is 0 Å². The van der Waals surface area contributed by atoms with Gasteiger partial charge in [-0.2, -0.15) is 0 Å². The fourth-order valence-corrected chi connectivity index (χ4v) is 3.21. The van der Waals surface area contributed by atoms with Crippen LogP contribution in [0.5, 0.6) is 0 Å². The molecule has 110 valence electrons. The third-order valence-electron chi connectivity index (χ3n) is 2.88. The molecule has 3 rings (SSSR count). The van der Waals surface area contributed by atoms with Crippen molar-refractivity contribution in [2.45, 2.75) is 5.16 Å². The van der Waals surface area contributed by atoms with E-state index in [-0.39, 0.29) is 17.7 Å². The van der Waals surface area contributed by atoms with E-state index >= 15 is 0 Å². The average molecular weight is 346 g/mol. The van der Waals surface area contributed by atoms with Crippen LogP contribution < -0.4 is 5.32 Å². The van der Waals surface area contributed by atoms with Crippen molar-refractivity contribution < 1.29 is 9.59 Å². The Morgan fingerprint density at radius 2 is 2.24 bits per heavy atom. The van der Waals surface area contributed by atoms with E-state index in [0.29, 0.717) is 33.9 Å². The molecule has 0 bridgehead atoms. The first kappa shape index (κ1) is 14.4. The SMILES string of the molecule is O=C(CSc1nnc2c(Cl)cc(Cl)cn12)N1CCNC1=O. The van der Waals surface area contributed by atoms with Gasteiger partial charge in [-0.25, -0.2) is 4.79 Å². The zero-order valence-corrected chi connectivity index (χ0v) is 12.9. The molecule has 3 heterocycles. The number of halogens is 2. The van der Waals surface area contributed by atoms with Crippen LogP contribution in [0.2, 0.25) is 10.0 Å². The number of nitrogens with zero attached hydrogens (tertiary/aromatic N) is 4. The molecule has 10 heteroatoms. The molecule has 0 aromatic carbocycles. The molecular formula is C11H9Cl2N5O2S. The lowest BCUT2D eigenvalue weighted by Crippen LogP contribution is -2.35. The highest BCUT2D eigenvalue weighted by molar-refractivity contribution is 7.99. The number of fused-ring (bicyclic) bond motifs is 1. The van der Waals surface area contributed by atoms with E-state index in [2.05, 4.69) is 15.5 Å². The number of amides is 3. The lowest BCUT2D eigenvalue weighted by molar-refractivity contribution is -0.124. The summed E-state index contributed by atoms with van der Waals surface area (Å²) < 4.78 is 1.62. The van der Waals surface area contributed by atoms with Crippen molar-refractivity contribution in [1.82, 2.24) is 24.8 Å². The quantitative estimate of drug-likeness (QED) is 0.856. The number of imide groups is 1. The summed E-state index contributed by atoms with van der Waals surface area (Å²) >= 11 is 13.1. The zero-order valence-electron chi connectivity index (χ0n) is 10.5. The highest BCUT2D eigenvalue weighted by Crippen LogP contribution is 2.25. The van der Waals surface area contributed by atoms with Crippen molar-refractivity contribution in [3.05, 3.63) is 22.3 Å². The largest absolute Gasteiger partial charge is 0.336 e. The molecular weight excluding hydrogens is 337 g/mol. The van der Waals surface area contributed by atoms with Crippen LogP contribution in [0.4, 0.5) is 4.79 Å². The van der Waals surface area contributed by atoms with E-state index < -0.39 is 0 Å². The number of carbonyl (C=O) groups is 2. The van der Waals surface area contributed by atoms with Crippen molar-refractivity contribution in [3.8, 4) is 0 Å². The standard InChI is InChI=1S/C11H9Cl2N5O2S/c12-6-3-7(13)9-15-16-11(18(9)4-6)21-5-8(19)17-2-1-14-10(17)20/h3-4H,1-2,5H2,(H,14,20). The topological polar surface area (TPSA) is 79.6 Å². The number of nitrogens with one attached hydrogen (secondary N) is 1. The second-order valence-electron chi connectivity index (χ2n) is 4.25. The Hall–Kier alpha value is -1.51. The van der Waals surface area contributed by atoms with E-state index in [0.717, 1.165) is 0 Å². The molecule has 2 aromatic heterocycles. The summed E-state index contributed by atoms with van der Waals surface area (Å²) in [4.78, 5) is 24.5. The molecule has 1 N–H and O–H groups in total. The van der Waals surface area contributed by atoms with Crippen molar-refractivity contribution in [3.63, 3.8) is 0 Å². The molecule has 0 atom stereocenters. The summed E-state index contributed by atoms with van der Waals surface area (Å²) in [5.41, 5.74) is 0.468. The van der Waals surface area contributed by atoms with Crippen LogP contribution in [0, 0.1) is 0 Å². The number of thioether (sulfide) groups is 1. The first-order valence-electron chi connectivity index (χ1n) is 5.97. The van der Waals surface area contributed by atoms with Crippen LogP contribution in [0.3, 0.4) is 0 Å². The van der Waals surface area contributed by atoms with E-state index in [1.165, 1.54) is 16.7 Å². The van der Waals surface area contributed by atoms with Crippen LogP contribution >= 0.6 is 35.0 Å². The summed E-state index contributed by atoms with van der Waals surface area (Å²) in [7, 11) is 0. The van der Waals surface area contributed by atoms with Gasteiger partial charge in [-0.05, 0) is 6.07 Å². The third kappa shape index (κ3) is 2.78. The minimum atomic E-state index is -0.363. The Labute approximate surface area is 133 Å². The summed E-state index contributed by atoms with van der Waals surface area (Å²) in [6.07, 6.45) is 1.62. The van der Waals surface area contributed by atoms with E-state index in [1.54, 1.807) is 16.7 Å². The molecule has 7 nitrogen and oxygen atoms in total. The molecule has 0 spiro atoms. The Balaban J connectivity index is 1.76. The average Bonchev–Trinajstić information content (AvgIpc) is 3.02. The smallest absolute Gasteiger partial charge is 0.324 e. The molecule has 2 aromatic rings. The van der Waals surface area contributed by atoms with Crippen LogP contribution in [0.25, 0.3) is 5.65 Å². The highest BCUT2D eigenvalue weighted by atomic mass is 35.5. The van der Waals surface area contributed by atoms with Crippen molar-refractivity contribution in [2.24, 2.45) is 0 Å². The normalized spacial score (nSPS) is 14.8. The lowest BCUT2D eigenvalue weighted by Gasteiger charge is -2.10. The molecule has 3 amide bonds. The van der Waals surface area contributed by atoms with E-state index in [9.17, 15) is 9.59 Å². The van der Waals surface area contributed by atoms with Crippen LogP contribution in [-0.2, 0) is 4.79 Å². The summed E-state index contributed by atoms with van der Waals surface area (Å²) in [6, 6.07) is 1.21. The molecule has 1 aliphatic rings. The fourth-order valence-electron chi connectivity index (χ4n) is 1.91. The minimum absolute atomic E-state index is 0.0817. The number of hydrogen-bond acceptors (Lipinski definition) is 5. The highest BCUT2D eigenvalue weighted by Gasteiger charge is 2.26. The van der Waals surface area contributed by atoms with Crippen LogP contribution in [0.1, 0.15) is 0 Å². The second-order valence-corrected chi connectivity index (χ2v) is 6.03. The number of rotatable bonds is 3. The van der Waals surface area contributed by atoms with Gasteiger partial charge in [-0.15, -0.1) is 10.2 Å². The van der Waals surface area contributed by atoms with Gasteiger partial charge in [0.15, 0.2) is 10.8 Å². The van der Waals surface area contributed by atoms with Crippen LogP contribution in [-0.4, -0.2) is 50.3 Å². The first-order valence-corrected chi connectivity index (χ1v) is 7.71. The minimum Gasteiger partial charge on any atom is -0.336 e. The number of carbonyl (C=O) groups excluding carboxylic acids is 2. The maximum atomic E-state index is 12.0. The molecule has 0 radical (unpaired) electrons. The second kappa shape index (κ2) is 5.70. The van der Waals surface area contributed by atoms with Gasteiger partial charge in [-0.1, -0.05) is 35.0 Å². The maximum Gasteiger partial charge on any atom is 0.324 e. The lowest BCUT2D eigenvalue weighted by atomic mass is 10.5. The fraction of sp³-hybridized carbons (Fsp3) is 0.273. The first-order chi connectivity index (χ1) is 10.1. The number of urea groups is 1. The predicted octanol–water partition coefficient (Wildman–Crippen LogP) is 1.68. The van der Waals surface area contributed by atoms with Crippen molar-refractivity contribution in [2.75, 3.05) is 18.8 Å². The molecule has 1 aliphatic heterocycles. The number of hydrogen-bond donors (Lipinski definition) is 1. The Bertz CT molecular complexity index is 735. The molecule has 1 fully saturated rings. The van der Waals surface area contributed by atoms with E-state index in [4.69, 9.17) is 23.2 Å². The van der Waals surface area contributed by atoms with Crippen molar-refractivity contribution in [1.29, 1.82) is 0 Å². The summed E-state index contributed by atoms with van der Waals surface area (Å²) in [5, 5.41) is 11.8. The monoisotopic (exact) mass is 345 g/mol. The summed E-state index contributed by atoms with van der Waals surface area (Å²) in [6.45, 7) is 0.866. The Kier molecular flexibility index (Phi) is 3.92. The molecule has 0 aliphatic carbocycles. The molecule has 21 heavy (non-hydrogen) atoms. The third-order valence-corrected chi connectivity index (χ3v) is 4.29. The van der Waals surface area contributed by atoms with E-state index in [1.807, 2.05) is 0 Å². The zero-order chi connectivity index (χ0) is 15.0. The van der Waals surface area contributed by atoms with Gasteiger partial charge in [0.1, 0.15) is 0 Å². The van der Waals surface area contributed by atoms with Crippen molar-refractivity contribution >= 4 is 52.5 Å². The predicted molar refractivity (Wildman–Crippen MR) is 78.8 cm³/mol. The number of aromatic nitrogens is 3. The molecule has 0 unspecified atom stereocenters. The van der Waals surface area contributed by atoms with Gasteiger partial charge >= 0.3 is 6.03 Å². The van der Waals surface area contributed by atoms with Crippen LogP contribution in [0.15, 0.2) is 17.4 Å². The Morgan fingerprint density at radius 1 is 1.43 bits per heavy atom. The maximum absolute atomic E-state index is 12.0. The molecule has 0 saturated carbocycles. The summed E-state index contributed by atoms with van der Waals surface area (Å²) in [5.74, 6) is -0.196. The van der Waals surface area contributed by atoms with Gasteiger partial charge in [-0.3, -0.25) is 14.1 Å². The van der Waals surface area contributed by atoms with Gasteiger partial charge in [0.2, 0.25) is 5.91 Å².